The number of non-ortho nitro benzene ring substituents is 2. The molecule has 3 rings (SSSR count). The number of nitro benzene ring substituents is 2. The van der Waals surface area contributed by atoms with Crippen LogP contribution in [-0.2, 0) is 16.0 Å². The zero-order chi connectivity index (χ0) is 23.4. The molecule has 0 bridgehead atoms. The number of carbonyl (C=O) groups excluding carboxylic acids is 2. The Hall–Kier alpha value is -3.97. The second kappa shape index (κ2) is 9.45. The van der Waals surface area contributed by atoms with E-state index in [4.69, 9.17) is 9.47 Å². The molecular formula is C19H16N4O8S. The van der Waals surface area contributed by atoms with E-state index in [-0.39, 0.29) is 10.4 Å². The van der Waals surface area contributed by atoms with Crippen molar-refractivity contribution in [2.24, 2.45) is 4.99 Å². The number of nitrogens with zero attached hydrogens (tertiary/aromatic N) is 4. The molecule has 1 aromatic heterocycles. The van der Waals surface area contributed by atoms with Gasteiger partial charge in [0.25, 0.3) is 17.3 Å². The minimum atomic E-state index is -0.886. The van der Waals surface area contributed by atoms with Gasteiger partial charge in [-0.1, -0.05) is 11.3 Å². The third-order valence-corrected chi connectivity index (χ3v) is 5.43. The Balaban J connectivity index is 2.16. The van der Waals surface area contributed by atoms with Crippen LogP contribution in [0.1, 0.15) is 20.7 Å². The Bertz CT molecular complexity index is 1280. The summed E-state index contributed by atoms with van der Waals surface area (Å²) in [5, 5.41) is 22.2. The summed E-state index contributed by atoms with van der Waals surface area (Å²) >= 11 is 1.10. The van der Waals surface area contributed by atoms with Crippen LogP contribution in [0.5, 0.6) is 0 Å². The topological polar surface area (TPSA) is 156 Å². The van der Waals surface area contributed by atoms with Crippen LogP contribution in [0.15, 0.2) is 41.4 Å². The molecule has 0 unspecified atom stereocenters. The summed E-state index contributed by atoms with van der Waals surface area (Å²) in [4.78, 5) is 49.4. The van der Waals surface area contributed by atoms with Gasteiger partial charge >= 0.3 is 5.97 Å². The molecule has 0 aliphatic rings. The molecule has 13 heteroatoms. The SMILES string of the molecule is COCCn1c(=NC(=O)c2cc([N+](=O)[O-])cc([N+](=O)[O-])c2)sc2cc(C(=O)OC)ccc21. The highest BCUT2D eigenvalue weighted by molar-refractivity contribution is 7.16. The van der Waals surface area contributed by atoms with Crippen LogP contribution >= 0.6 is 11.3 Å². The molecule has 12 nitrogen and oxygen atoms in total. The van der Waals surface area contributed by atoms with E-state index in [1.807, 2.05) is 0 Å². The van der Waals surface area contributed by atoms with Crippen molar-refractivity contribution < 1.29 is 28.9 Å². The number of hydrogen-bond acceptors (Lipinski definition) is 9. The quantitative estimate of drug-likeness (QED) is 0.296. The van der Waals surface area contributed by atoms with E-state index in [1.165, 1.54) is 14.2 Å². The van der Waals surface area contributed by atoms with Gasteiger partial charge < -0.3 is 14.0 Å². The average molecular weight is 460 g/mol. The molecule has 0 aliphatic carbocycles. The van der Waals surface area contributed by atoms with E-state index < -0.39 is 33.1 Å². The second-order valence-corrected chi connectivity index (χ2v) is 7.38. The highest BCUT2D eigenvalue weighted by atomic mass is 32.1. The molecule has 0 atom stereocenters. The van der Waals surface area contributed by atoms with Crippen molar-refractivity contribution in [3.05, 3.63) is 72.6 Å². The minimum absolute atomic E-state index is 0.234. The van der Waals surface area contributed by atoms with E-state index in [2.05, 4.69) is 4.99 Å². The summed E-state index contributed by atoms with van der Waals surface area (Å²) in [6.07, 6.45) is 0. The Morgan fingerprint density at radius 2 is 1.69 bits per heavy atom. The first-order chi connectivity index (χ1) is 15.2. The van der Waals surface area contributed by atoms with Gasteiger partial charge in [0, 0.05) is 25.8 Å². The van der Waals surface area contributed by atoms with Gasteiger partial charge in [-0.05, 0) is 18.2 Å². The molecule has 0 saturated heterocycles. The fourth-order valence-electron chi connectivity index (χ4n) is 2.88. The Kier molecular flexibility index (Phi) is 6.70. The molecule has 0 fully saturated rings. The lowest BCUT2D eigenvalue weighted by Crippen LogP contribution is -2.19. The van der Waals surface area contributed by atoms with E-state index in [0.29, 0.717) is 28.9 Å². The number of thiazole rings is 1. The van der Waals surface area contributed by atoms with Crippen molar-refractivity contribution in [1.29, 1.82) is 0 Å². The lowest BCUT2D eigenvalue weighted by Gasteiger charge is -2.05. The summed E-state index contributed by atoms with van der Waals surface area (Å²) in [5.74, 6) is -1.41. The van der Waals surface area contributed by atoms with Gasteiger partial charge in [0.05, 0.1) is 51.0 Å². The third kappa shape index (κ3) is 4.68. The molecule has 1 amide bonds. The Morgan fingerprint density at radius 3 is 2.25 bits per heavy atom. The van der Waals surface area contributed by atoms with E-state index in [1.54, 1.807) is 22.8 Å². The van der Waals surface area contributed by atoms with Gasteiger partial charge in [-0.3, -0.25) is 25.0 Å². The van der Waals surface area contributed by atoms with Crippen molar-refractivity contribution in [1.82, 2.24) is 4.57 Å². The normalized spacial score (nSPS) is 11.5. The molecule has 0 N–H and O–H groups in total. The standard InChI is InChI=1S/C19H16N4O8S/c1-30-6-5-21-15-4-3-11(18(25)31-2)9-16(15)32-19(21)20-17(24)12-7-13(22(26)27)10-14(8-12)23(28)29/h3-4,7-10H,5-6H2,1-2H3. The molecule has 1 heterocycles. The molecule has 166 valence electrons. The molecule has 0 saturated carbocycles. The summed E-state index contributed by atoms with van der Waals surface area (Å²) in [6, 6.07) is 7.47. The van der Waals surface area contributed by atoms with Crippen LogP contribution in [0, 0.1) is 20.2 Å². The molecule has 0 spiro atoms. The maximum Gasteiger partial charge on any atom is 0.337 e. The van der Waals surface area contributed by atoms with E-state index in [0.717, 1.165) is 29.5 Å². The number of esters is 1. The number of carbonyl (C=O) groups is 2. The maximum absolute atomic E-state index is 12.8. The van der Waals surface area contributed by atoms with Crippen LogP contribution in [0.4, 0.5) is 11.4 Å². The monoisotopic (exact) mass is 460 g/mol. The van der Waals surface area contributed by atoms with Crippen LogP contribution < -0.4 is 4.80 Å². The van der Waals surface area contributed by atoms with Crippen molar-refractivity contribution in [2.75, 3.05) is 20.8 Å². The highest BCUT2D eigenvalue weighted by Crippen LogP contribution is 2.24. The first kappa shape index (κ1) is 22.7. The van der Waals surface area contributed by atoms with Gasteiger partial charge in [-0.25, -0.2) is 4.79 Å². The van der Waals surface area contributed by atoms with Crippen molar-refractivity contribution in [2.45, 2.75) is 6.54 Å². The molecule has 32 heavy (non-hydrogen) atoms. The number of hydrogen-bond donors (Lipinski definition) is 0. The Labute approximate surface area is 183 Å². The third-order valence-electron chi connectivity index (χ3n) is 4.39. The fourth-order valence-corrected chi connectivity index (χ4v) is 3.98. The van der Waals surface area contributed by atoms with Gasteiger partial charge in [0.2, 0.25) is 0 Å². The predicted octanol–water partition coefficient (Wildman–Crippen LogP) is 2.69. The zero-order valence-corrected chi connectivity index (χ0v) is 17.7. The first-order valence-electron chi connectivity index (χ1n) is 8.98. The van der Waals surface area contributed by atoms with Gasteiger partial charge in [0.15, 0.2) is 4.80 Å². The second-order valence-electron chi connectivity index (χ2n) is 6.37. The molecular weight excluding hydrogens is 444 g/mol. The highest BCUT2D eigenvalue weighted by Gasteiger charge is 2.20. The number of aromatic nitrogens is 1. The maximum atomic E-state index is 12.8. The van der Waals surface area contributed by atoms with Crippen LogP contribution in [0.25, 0.3) is 10.2 Å². The van der Waals surface area contributed by atoms with Gasteiger partial charge in [0.1, 0.15) is 0 Å². The van der Waals surface area contributed by atoms with Crippen LogP contribution in [-0.4, -0.2) is 47.1 Å². The molecule has 0 aliphatic heterocycles. The summed E-state index contributed by atoms with van der Waals surface area (Å²) < 4.78 is 12.2. The van der Waals surface area contributed by atoms with E-state index >= 15 is 0 Å². The number of rotatable bonds is 7. The number of nitro groups is 2. The number of benzene rings is 2. The van der Waals surface area contributed by atoms with Gasteiger partial charge in [-0.15, -0.1) is 0 Å². The molecule has 2 aromatic carbocycles. The molecule has 0 radical (unpaired) electrons. The predicted molar refractivity (Wildman–Crippen MR) is 113 cm³/mol. The summed E-state index contributed by atoms with van der Waals surface area (Å²) in [6.45, 7) is 0.628. The van der Waals surface area contributed by atoms with Gasteiger partial charge in [-0.2, -0.15) is 4.99 Å². The smallest absolute Gasteiger partial charge is 0.337 e. The minimum Gasteiger partial charge on any atom is -0.465 e. The largest absolute Gasteiger partial charge is 0.465 e. The van der Waals surface area contributed by atoms with Crippen molar-refractivity contribution in [3.8, 4) is 0 Å². The zero-order valence-electron chi connectivity index (χ0n) is 16.8. The van der Waals surface area contributed by atoms with Crippen LogP contribution in [0.2, 0.25) is 0 Å². The summed E-state index contributed by atoms with van der Waals surface area (Å²) in [5.41, 5.74) is -0.492. The number of amides is 1. The van der Waals surface area contributed by atoms with E-state index in [9.17, 15) is 29.8 Å². The average Bonchev–Trinajstić information content (AvgIpc) is 3.12. The van der Waals surface area contributed by atoms with Crippen molar-refractivity contribution >= 4 is 44.8 Å². The first-order valence-corrected chi connectivity index (χ1v) is 9.80. The van der Waals surface area contributed by atoms with Crippen molar-refractivity contribution in [3.63, 3.8) is 0 Å². The Morgan fingerprint density at radius 1 is 1.03 bits per heavy atom. The number of fused-ring (bicyclic) bond motifs is 1. The molecule has 3 aromatic rings. The lowest BCUT2D eigenvalue weighted by molar-refractivity contribution is -0.394. The number of ether oxygens (including phenoxy) is 2. The lowest BCUT2D eigenvalue weighted by atomic mass is 10.1. The number of methoxy groups -OCH3 is 2. The fraction of sp³-hybridized carbons (Fsp3) is 0.211. The summed E-state index contributed by atoms with van der Waals surface area (Å²) in [7, 11) is 2.77. The van der Waals surface area contributed by atoms with Crippen LogP contribution in [0.3, 0.4) is 0 Å².